The summed E-state index contributed by atoms with van der Waals surface area (Å²) >= 11 is 0. The zero-order valence-corrected chi connectivity index (χ0v) is 16.2. The third-order valence-electron chi connectivity index (χ3n) is 6.30. The van der Waals surface area contributed by atoms with Crippen LogP contribution in [0.2, 0.25) is 0 Å². The molecule has 26 heavy (non-hydrogen) atoms. The SMILES string of the molecule is CC12CCC(CS(=O)(=O)c3ccc(OC/C(=C/F)CN)cc3)(CC1)CC2. The summed E-state index contributed by atoms with van der Waals surface area (Å²) in [5.74, 6) is 0.735. The molecule has 0 saturated heterocycles. The van der Waals surface area contributed by atoms with Crippen LogP contribution in [0.25, 0.3) is 0 Å². The Kier molecular flexibility index (Phi) is 5.45. The largest absolute Gasteiger partial charge is 0.489 e. The fourth-order valence-corrected chi connectivity index (χ4v) is 6.16. The number of rotatable bonds is 7. The van der Waals surface area contributed by atoms with Crippen molar-refractivity contribution in [1.82, 2.24) is 0 Å². The Morgan fingerprint density at radius 3 is 2.23 bits per heavy atom. The van der Waals surface area contributed by atoms with Crippen molar-refractivity contribution in [2.75, 3.05) is 18.9 Å². The van der Waals surface area contributed by atoms with Crippen LogP contribution in [0.4, 0.5) is 4.39 Å². The zero-order chi connectivity index (χ0) is 18.8. The second-order valence-corrected chi connectivity index (χ2v) is 10.3. The van der Waals surface area contributed by atoms with E-state index in [1.807, 2.05) is 0 Å². The molecule has 1 aromatic rings. The summed E-state index contributed by atoms with van der Waals surface area (Å²) in [6, 6.07) is 6.40. The Balaban J connectivity index is 1.66. The minimum absolute atomic E-state index is 0.0479. The van der Waals surface area contributed by atoms with Crippen molar-refractivity contribution in [1.29, 1.82) is 0 Å². The quantitative estimate of drug-likeness (QED) is 0.775. The monoisotopic (exact) mass is 381 g/mol. The molecule has 1 aromatic carbocycles. The average Bonchev–Trinajstić information content (AvgIpc) is 2.64. The second kappa shape index (κ2) is 7.31. The molecule has 3 aliphatic rings. The molecule has 2 N–H and O–H groups in total. The zero-order valence-electron chi connectivity index (χ0n) is 15.3. The average molecular weight is 382 g/mol. The molecule has 4 rings (SSSR count). The van der Waals surface area contributed by atoms with Crippen molar-refractivity contribution in [3.63, 3.8) is 0 Å². The van der Waals surface area contributed by atoms with Crippen LogP contribution in [0.15, 0.2) is 41.1 Å². The molecule has 3 saturated carbocycles. The lowest BCUT2D eigenvalue weighted by Crippen LogP contribution is -2.43. The van der Waals surface area contributed by atoms with Crippen molar-refractivity contribution >= 4 is 9.84 Å². The van der Waals surface area contributed by atoms with E-state index in [4.69, 9.17) is 10.5 Å². The van der Waals surface area contributed by atoms with Crippen LogP contribution in [-0.4, -0.2) is 27.3 Å². The maximum absolute atomic E-state index is 12.9. The summed E-state index contributed by atoms with van der Waals surface area (Å²) in [6.45, 7) is 2.47. The fourth-order valence-electron chi connectivity index (χ4n) is 4.21. The first-order valence-electron chi connectivity index (χ1n) is 9.24. The van der Waals surface area contributed by atoms with Gasteiger partial charge in [-0.3, -0.25) is 0 Å². The van der Waals surface area contributed by atoms with E-state index in [0.717, 1.165) is 38.5 Å². The van der Waals surface area contributed by atoms with E-state index in [-0.39, 0.29) is 24.3 Å². The predicted octanol–water partition coefficient (Wildman–Crippen LogP) is 4.01. The summed E-state index contributed by atoms with van der Waals surface area (Å²) in [5.41, 5.74) is 6.12. The topological polar surface area (TPSA) is 69.4 Å². The van der Waals surface area contributed by atoms with Gasteiger partial charge in [-0.1, -0.05) is 6.92 Å². The molecule has 6 heteroatoms. The fraction of sp³-hybridized carbons (Fsp3) is 0.600. The molecule has 0 radical (unpaired) electrons. The molecule has 3 aliphatic carbocycles. The summed E-state index contributed by atoms with van der Waals surface area (Å²) < 4.78 is 43.8. The molecule has 0 spiro atoms. The lowest BCUT2D eigenvalue weighted by Gasteiger charge is -2.52. The molecule has 4 nitrogen and oxygen atoms in total. The summed E-state index contributed by atoms with van der Waals surface area (Å²) in [7, 11) is -3.33. The van der Waals surface area contributed by atoms with Crippen LogP contribution in [0.1, 0.15) is 45.4 Å². The van der Waals surface area contributed by atoms with Gasteiger partial charge in [-0.15, -0.1) is 0 Å². The molecule has 0 aliphatic heterocycles. The molecule has 0 aromatic heterocycles. The van der Waals surface area contributed by atoms with E-state index < -0.39 is 9.84 Å². The summed E-state index contributed by atoms with van der Waals surface area (Å²) in [4.78, 5) is 0.332. The third kappa shape index (κ3) is 4.12. The van der Waals surface area contributed by atoms with Crippen LogP contribution < -0.4 is 10.5 Å². The van der Waals surface area contributed by atoms with Crippen LogP contribution in [0.5, 0.6) is 5.75 Å². The van der Waals surface area contributed by atoms with Gasteiger partial charge in [-0.05, 0) is 73.6 Å². The van der Waals surface area contributed by atoms with Gasteiger partial charge in [-0.25, -0.2) is 12.8 Å². The minimum atomic E-state index is -3.33. The van der Waals surface area contributed by atoms with Gasteiger partial charge >= 0.3 is 0 Å². The van der Waals surface area contributed by atoms with Gasteiger partial charge in [0.05, 0.1) is 17.0 Å². The van der Waals surface area contributed by atoms with E-state index in [1.165, 1.54) is 0 Å². The van der Waals surface area contributed by atoms with Gasteiger partial charge in [-0.2, -0.15) is 0 Å². The van der Waals surface area contributed by atoms with Crippen LogP contribution in [0, 0.1) is 10.8 Å². The van der Waals surface area contributed by atoms with Gasteiger partial charge < -0.3 is 10.5 Å². The lowest BCUT2D eigenvalue weighted by atomic mass is 9.55. The normalized spacial score (nSPS) is 29.0. The van der Waals surface area contributed by atoms with Crippen molar-refractivity contribution in [3.05, 3.63) is 36.2 Å². The highest BCUT2D eigenvalue weighted by Gasteiger charge is 2.48. The molecular weight excluding hydrogens is 353 g/mol. The number of benzene rings is 1. The summed E-state index contributed by atoms with van der Waals surface area (Å²) in [6.07, 6.45) is 6.91. The van der Waals surface area contributed by atoms with Gasteiger partial charge in [0.2, 0.25) is 0 Å². The highest BCUT2D eigenvalue weighted by Crippen LogP contribution is 2.57. The standard InChI is InChI=1S/C20H28FNO3S/c1-19-6-9-20(10-7-19,11-8-19)15-26(23,24)18-4-2-17(3-5-18)25-14-16(12-21)13-22/h2-5,12H,6-11,13-15,22H2,1H3/b16-12+. The maximum Gasteiger partial charge on any atom is 0.178 e. The molecule has 144 valence electrons. The van der Waals surface area contributed by atoms with Gasteiger partial charge in [0.25, 0.3) is 0 Å². The summed E-state index contributed by atoms with van der Waals surface area (Å²) in [5, 5.41) is 0. The van der Waals surface area contributed by atoms with Crippen molar-refractivity contribution in [2.24, 2.45) is 16.6 Å². The van der Waals surface area contributed by atoms with Crippen molar-refractivity contribution < 1.29 is 17.5 Å². The van der Waals surface area contributed by atoms with E-state index in [0.29, 0.717) is 28.0 Å². The molecule has 0 amide bonds. The number of fused-ring (bicyclic) bond motifs is 3. The van der Waals surface area contributed by atoms with Crippen LogP contribution in [0.3, 0.4) is 0 Å². The van der Waals surface area contributed by atoms with Gasteiger partial charge in [0.1, 0.15) is 12.4 Å². The smallest absolute Gasteiger partial charge is 0.178 e. The number of sulfone groups is 1. The number of halogens is 1. The predicted molar refractivity (Wildman–Crippen MR) is 100 cm³/mol. The molecule has 2 bridgehead atoms. The minimum Gasteiger partial charge on any atom is -0.489 e. The first kappa shape index (κ1) is 19.4. The van der Waals surface area contributed by atoms with Gasteiger partial charge in [0.15, 0.2) is 9.84 Å². The molecule has 0 heterocycles. The highest BCUT2D eigenvalue weighted by atomic mass is 32.2. The van der Waals surface area contributed by atoms with Crippen molar-refractivity contribution in [2.45, 2.75) is 50.3 Å². The Morgan fingerprint density at radius 1 is 1.15 bits per heavy atom. The number of nitrogens with two attached hydrogens (primary N) is 1. The van der Waals surface area contributed by atoms with Crippen LogP contribution in [-0.2, 0) is 9.84 Å². The Labute approximate surface area is 155 Å². The lowest BCUT2D eigenvalue weighted by molar-refractivity contribution is 0.0186. The number of ether oxygens (including phenoxy) is 1. The number of hydrogen-bond acceptors (Lipinski definition) is 4. The van der Waals surface area contributed by atoms with E-state index in [1.54, 1.807) is 24.3 Å². The molecule has 0 unspecified atom stereocenters. The first-order valence-corrected chi connectivity index (χ1v) is 10.9. The molecule has 3 fully saturated rings. The molecule has 0 atom stereocenters. The van der Waals surface area contributed by atoms with E-state index in [2.05, 4.69) is 6.92 Å². The Morgan fingerprint density at radius 2 is 1.73 bits per heavy atom. The maximum atomic E-state index is 12.9. The van der Waals surface area contributed by atoms with Gasteiger partial charge in [0, 0.05) is 12.1 Å². The van der Waals surface area contributed by atoms with Crippen molar-refractivity contribution in [3.8, 4) is 5.75 Å². The van der Waals surface area contributed by atoms with Crippen LogP contribution >= 0.6 is 0 Å². The first-order chi connectivity index (χ1) is 12.3. The third-order valence-corrected chi connectivity index (χ3v) is 8.28. The number of hydrogen-bond donors (Lipinski definition) is 1. The Hall–Kier alpha value is -1.40. The van der Waals surface area contributed by atoms with E-state index in [9.17, 15) is 12.8 Å². The second-order valence-electron chi connectivity index (χ2n) is 8.30. The van der Waals surface area contributed by atoms with E-state index >= 15 is 0 Å². The Bertz CT molecular complexity index is 746. The highest BCUT2D eigenvalue weighted by molar-refractivity contribution is 7.91. The molecular formula is C20H28FNO3S.